The van der Waals surface area contributed by atoms with E-state index in [0.29, 0.717) is 12.7 Å². The van der Waals surface area contributed by atoms with E-state index in [4.69, 9.17) is 0 Å². The molecule has 0 aromatic carbocycles. The molecule has 0 radical (unpaired) electrons. The molecule has 160 valence electrons. The van der Waals surface area contributed by atoms with Crippen molar-refractivity contribution < 1.29 is 28.8 Å². The van der Waals surface area contributed by atoms with Gasteiger partial charge in [0.1, 0.15) is 18.4 Å². The molecular formula is C19H26N2O6S2. The van der Waals surface area contributed by atoms with Gasteiger partial charge in [0.25, 0.3) is 0 Å². The zero-order valence-corrected chi connectivity index (χ0v) is 18.6. The predicted molar refractivity (Wildman–Crippen MR) is 110 cm³/mol. The summed E-state index contributed by atoms with van der Waals surface area (Å²) in [5.74, 6) is -2.80. The number of amides is 4. The summed E-state index contributed by atoms with van der Waals surface area (Å²) < 4.78 is 0. The molecule has 0 N–H and O–H groups in total. The Balaban J connectivity index is 2.48. The molecule has 0 aromatic rings. The van der Waals surface area contributed by atoms with Crippen molar-refractivity contribution in [2.75, 3.05) is 12.5 Å². The molecule has 0 saturated carbocycles. The van der Waals surface area contributed by atoms with Crippen LogP contribution in [-0.4, -0.2) is 80.6 Å². The second kappa shape index (κ2) is 9.88. The van der Waals surface area contributed by atoms with E-state index in [1.165, 1.54) is 23.5 Å². The number of carbonyl (C=O) groups is 6. The number of hydrogen-bond acceptors (Lipinski definition) is 8. The SMILES string of the molecule is CC[C@@H](C)CC(=O)C(C(C=O)N1C(=O)CC(SC)C1=O)N1C(=O)CC(SC)C1=O. The van der Waals surface area contributed by atoms with Crippen LogP contribution < -0.4 is 0 Å². The van der Waals surface area contributed by atoms with Gasteiger partial charge >= 0.3 is 0 Å². The second-order valence-electron chi connectivity index (χ2n) is 7.32. The predicted octanol–water partition coefficient (Wildman–Crippen LogP) is 0.909. The summed E-state index contributed by atoms with van der Waals surface area (Å²) >= 11 is 2.37. The van der Waals surface area contributed by atoms with E-state index in [-0.39, 0.29) is 25.2 Å². The van der Waals surface area contributed by atoms with Gasteiger partial charge in [0.05, 0.1) is 10.5 Å². The lowest BCUT2D eigenvalue weighted by molar-refractivity contribution is -0.155. The Kier molecular flexibility index (Phi) is 8.04. The highest BCUT2D eigenvalue weighted by atomic mass is 32.2. The van der Waals surface area contributed by atoms with Crippen molar-refractivity contribution in [3.63, 3.8) is 0 Å². The van der Waals surface area contributed by atoms with Gasteiger partial charge in [0.2, 0.25) is 23.6 Å². The molecule has 0 aliphatic carbocycles. The number of likely N-dealkylation sites (tertiary alicyclic amines) is 2. The molecule has 2 heterocycles. The summed E-state index contributed by atoms with van der Waals surface area (Å²) in [6.45, 7) is 3.75. The van der Waals surface area contributed by atoms with Crippen molar-refractivity contribution in [2.45, 2.75) is 62.1 Å². The molecule has 29 heavy (non-hydrogen) atoms. The molecule has 0 bridgehead atoms. The highest BCUT2D eigenvalue weighted by molar-refractivity contribution is 8.00. The fourth-order valence-electron chi connectivity index (χ4n) is 3.59. The number of ketones is 1. The highest BCUT2D eigenvalue weighted by Crippen LogP contribution is 2.31. The van der Waals surface area contributed by atoms with Crippen LogP contribution in [0.2, 0.25) is 0 Å². The number of imide groups is 2. The van der Waals surface area contributed by atoms with E-state index < -0.39 is 52.0 Å². The number of carbonyl (C=O) groups excluding carboxylic acids is 6. The van der Waals surface area contributed by atoms with Crippen LogP contribution in [0.1, 0.15) is 39.5 Å². The summed E-state index contributed by atoms with van der Waals surface area (Å²) in [4.78, 5) is 77.3. The maximum atomic E-state index is 13.1. The zero-order valence-electron chi connectivity index (χ0n) is 17.0. The van der Waals surface area contributed by atoms with E-state index in [9.17, 15) is 28.8 Å². The Bertz CT molecular complexity index is 727. The maximum Gasteiger partial charge on any atom is 0.243 e. The summed E-state index contributed by atoms with van der Waals surface area (Å²) in [6.07, 6.45) is 4.27. The third kappa shape index (κ3) is 4.58. The lowest BCUT2D eigenvalue weighted by Crippen LogP contribution is -2.60. The van der Waals surface area contributed by atoms with Gasteiger partial charge in [0, 0.05) is 19.3 Å². The molecule has 5 atom stereocenters. The number of nitrogens with zero attached hydrogens (tertiary/aromatic N) is 2. The second-order valence-corrected chi connectivity index (χ2v) is 9.40. The van der Waals surface area contributed by atoms with Crippen LogP contribution >= 0.6 is 23.5 Å². The standard InChI is InChI=1S/C19H26N2O6S2/c1-5-10(2)6-12(23)17(21-16(25)8-14(29-4)19(21)27)11(9-22)20-15(24)7-13(28-3)18(20)26/h9-11,13-14,17H,5-8H2,1-4H3/t10-,11?,13?,14?,17?/m1/s1. The Labute approximate surface area is 178 Å². The van der Waals surface area contributed by atoms with Gasteiger partial charge in [-0.1, -0.05) is 20.3 Å². The fourth-order valence-corrected chi connectivity index (χ4v) is 4.84. The fraction of sp³-hybridized carbons (Fsp3) is 0.684. The van der Waals surface area contributed by atoms with Gasteiger partial charge in [-0.3, -0.25) is 33.8 Å². The third-order valence-electron chi connectivity index (χ3n) is 5.47. The molecule has 0 aromatic heterocycles. The average molecular weight is 443 g/mol. The normalized spacial score (nSPS) is 25.5. The van der Waals surface area contributed by atoms with E-state index in [0.717, 1.165) is 9.80 Å². The molecule has 4 amide bonds. The number of aldehydes is 1. The molecule has 2 aliphatic heterocycles. The van der Waals surface area contributed by atoms with Crippen LogP contribution in [0.15, 0.2) is 0 Å². The van der Waals surface area contributed by atoms with Crippen molar-refractivity contribution in [3.8, 4) is 0 Å². The van der Waals surface area contributed by atoms with Crippen LogP contribution in [0.25, 0.3) is 0 Å². The highest BCUT2D eigenvalue weighted by Gasteiger charge is 2.52. The van der Waals surface area contributed by atoms with Crippen LogP contribution in [0.4, 0.5) is 0 Å². The Morgan fingerprint density at radius 1 is 1.03 bits per heavy atom. The average Bonchev–Trinajstić information content (AvgIpc) is 3.14. The first-order valence-corrected chi connectivity index (χ1v) is 12.0. The minimum absolute atomic E-state index is 0.0364. The van der Waals surface area contributed by atoms with E-state index in [2.05, 4.69) is 0 Å². The lowest BCUT2D eigenvalue weighted by Gasteiger charge is -2.34. The summed E-state index contributed by atoms with van der Waals surface area (Å²) in [6, 6.07) is -2.98. The molecule has 4 unspecified atom stereocenters. The molecule has 2 fully saturated rings. The topological polar surface area (TPSA) is 109 Å². The molecule has 2 rings (SSSR count). The summed E-state index contributed by atoms with van der Waals surface area (Å²) in [5, 5.41) is -1.28. The molecule has 2 saturated heterocycles. The third-order valence-corrected chi connectivity index (χ3v) is 7.34. The number of hydrogen-bond donors (Lipinski definition) is 0. The maximum absolute atomic E-state index is 13.1. The minimum Gasteiger partial charge on any atom is -0.301 e. The number of thioether (sulfide) groups is 2. The smallest absolute Gasteiger partial charge is 0.243 e. The summed E-state index contributed by atoms with van der Waals surface area (Å²) in [5.41, 5.74) is 0. The number of rotatable bonds is 10. The molecule has 0 spiro atoms. The molecular weight excluding hydrogens is 416 g/mol. The van der Waals surface area contributed by atoms with Gasteiger partial charge in [-0.05, 0) is 18.4 Å². The van der Waals surface area contributed by atoms with Crippen LogP contribution in [0, 0.1) is 5.92 Å². The first-order chi connectivity index (χ1) is 13.7. The number of Topliss-reactive ketones (excluding diaryl/α,β-unsaturated/α-hetero) is 1. The minimum atomic E-state index is -1.50. The van der Waals surface area contributed by atoms with Gasteiger partial charge in [-0.25, -0.2) is 0 Å². The van der Waals surface area contributed by atoms with Gasteiger partial charge in [-0.2, -0.15) is 23.5 Å². The molecule has 10 heteroatoms. The summed E-state index contributed by atoms with van der Waals surface area (Å²) in [7, 11) is 0. The van der Waals surface area contributed by atoms with E-state index in [1.807, 2.05) is 13.8 Å². The zero-order chi connectivity index (χ0) is 21.9. The van der Waals surface area contributed by atoms with Crippen LogP contribution in [0.5, 0.6) is 0 Å². The monoisotopic (exact) mass is 442 g/mol. The van der Waals surface area contributed by atoms with Crippen molar-refractivity contribution >= 4 is 59.2 Å². The van der Waals surface area contributed by atoms with Crippen molar-refractivity contribution in [3.05, 3.63) is 0 Å². The van der Waals surface area contributed by atoms with Gasteiger partial charge in [0.15, 0.2) is 5.78 Å². The Morgan fingerprint density at radius 3 is 1.93 bits per heavy atom. The van der Waals surface area contributed by atoms with Crippen molar-refractivity contribution in [1.82, 2.24) is 9.80 Å². The van der Waals surface area contributed by atoms with Crippen molar-refractivity contribution in [1.29, 1.82) is 0 Å². The van der Waals surface area contributed by atoms with Gasteiger partial charge in [-0.15, -0.1) is 0 Å². The van der Waals surface area contributed by atoms with Crippen LogP contribution in [0.3, 0.4) is 0 Å². The quantitative estimate of drug-likeness (QED) is 0.363. The largest absolute Gasteiger partial charge is 0.301 e. The Hall–Kier alpha value is -1.68. The first kappa shape index (κ1) is 23.6. The molecule has 8 nitrogen and oxygen atoms in total. The van der Waals surface area contributed by atoms with E-state index >= 15 is 0 Å². The molecule has 2 aliphatic rings. The van der Waals surface area contributed by atoms with E-state index in [1.54, 1.807) is 12.5 Å². The Morgan fingerprint density at radius 2 is 1.52 bits per heavy atom. The first-order valence-electron chi connectivity index (χ1n) is 9.47. The van der Waals surface area contributed by atoms with Gasteiger partial charge < -0.3 is 4.79 Å². The lowest BCUT2D eigenvalue weighted by atomic mass is 9.93. The van der Waals surface area contributed by atoms with Crippen molar-refractivity contribution in [2.24, 2.45) is 5.92 Å². The van der Waals surface area contributed by atoms with Crippen LogP contribution in [-0.2, 0) is 28.8 Å².